The minimum absolute atomic E-state index is 0.135. The van der Waals surface area contributed by atoms with E-state index >= 15 is 0 Å². The zero-order valence-corrected chi connectivity index (χ0v) is 16.0. The number of aromatic amines is 1. The predicted octanol–water partition coefficient (Wildman–Crippen LogP) is 5.12. The molecule has 3 aromatic carbocycles. The van der Waals surface area contributed by atoms with Crippen LogP contribution in [-0.2, 0) is 18.0 Å². The van der Waals surface area contributed by atoms with E-state index in [0.29, 0.717) is 30.4 Å². The number of benzene rings is 3. The maximum Gasteiger partial charge on any atom is 0.379 e. The lowest BCUT2D eigenvalue weighted by Gasteiger charge is -2.07. The Hall–Kier alpha value is -3.90. The summed E-state index contributed by atoms with van der Waals surface area (Å²) in [5.41, 5.74) is 3.70. The topological polar surface area (TPSA) is 73.4 Å². The maximum absolute atomic E-state index is 12.5. The maximum atomic E-state index is 12.5. The Morgan fingerprint density at radius 2 is 1.70 bits per heavy atom. The zero-order chi connectivity index (χ0) is 20.3. The number of esters is 1. The Kier molecular flexibility index (Phi) is 4.75. The average molecular weight is 398 g/mol. The highest BCUT2D eigenvalue weighted by atomic mass is 16.5. The van der Waals surface area contributed by atoms with Gasteiger partial charge in [0.2, 0.25) is 5.82 Å². The summed E-state index contributed by atoms with van der Waals surface area (Å²) in [6, 6.07) is 22.6. The summed E-state index contributed by atoms with van der Waals surface area (Å²) in [5, 5.41) is 0. The van der Waals surface area contributed by atoms with Crippen LogP contribution in [-0.4, -0.2) is 15.9 Å². The summed E-state index contributed by atoms with van der Waals surface area (Å²) < 4.78 is 16.7. The van der Waals surface area contributed by atoms with Gasteiger partial charge >= 0.3 is 5.97 Å². The Morgan fingerprint density at radius 1 is 0.867 bits per heavy atom. The standard InChI is InChI=1S/C24H18N2O4/c27-24(30-21-10-9-17-14-28-15-18(17)12-21)23-25-13-22(26-23)16-5-4-8-20(11-16)29-19-6-2-1-3-7-19/h1-13H,14-15H2,(H,25,26). The molecule has 0 saturated heterocycles. The van der Waals surface area contributed by atoms with Gasteiger partial charge in [0, 0.05) is 5.56 Å². The summed E-state index contributed by atoms with van der Waals surface area (Å²) in [6.07, 6.45) is 1.61. The van der Waals surface area contributed by atoms with E-state index in [9.17, 15) is 4.79 Å². The highest BCUT2D eigenvalue weighted by Gasteiger charge is 2.17. The van der Waals surface area contributed by atoms with Gasteiger partial charge in [-0.1, -0.05) is 36.4 Å². The number of nitrogens with zero attached hydrogens (tertiary/aromatic N) is 1. The van der Waals surface area contributed by atoms with Gasteiger partial charge in [-0.25, -0.2) is 9.78 Å². The monoisotopic (exact) mass is 398 g/mol. The molecule has 1 aliphatic heterocycles. The second-order valence-corrected chi connectivity index (χ2v) is 6.90. The van der Waals surface area contributed by atoms with Crippen LogP contribution in [0.15, 0.2) is 79.0 Å². The van der Waals surface area contributed by atoms with Crippen LogP contribution < -0.4 is 9.47 Å². The average Bonchev–Trinajstić information content (AvgIpc) is 3.44. The second-order valence-electron chi connectivity index (χ2n) is 6.90. The molecule has 1 N–H and O–H groups in total. The van der Waals surface area contributed by atoms with E-state index in [1.807, 2.05) is 66.7 Å². The van der Waals surface area contributed by atoms with Gasteiger partial charge in [0.25, 0.3) is 0 Å². The first-order chi connectivity index (χ1) is 14.7. The number of carbonyl (C=O) groups excluding carboxylic acids is 1. The van der Waals surface area contributed by atoms with Crippen molar-refractivity contribution in [3.63, 3.8) is 0 Å². The van der Waals surface area contributed by atoms with Gasteiger partial charge in [-0.2, -0.15) is 0 Å². The summed E-state index contributed by atoms with van der Waals surface area (Å²) in [7, 11) is 0. The van der Waals surface area contributed by atoms with Crippen molar-refractivity contribution in [1.29, 1.82) is 0 Å². The number of para-hydroxylation sites is 1. The summed E-state index contributed by atoms with van der Waals surface area (Å²) >= 11 is 0. The first kappa shape index (κ1) is 18.1. The van der Waals surface area contributed by atoms with Crippen LogP contribution in [0.4, 0.5) is 0 Å². The van der Waals surface area contributed by atoms with Crippen molar-refractivity contribution in [3.05, 3.63) is 95.9 Å². The molecule has 4 aromatic rings. The molecule has 0 atom stereocenters. The number of hydrogen-bond acceptors (Lipinski definition) is 5. The predicted molar refractivity (Wildman–Crippen MR) is 110 cm³/mol. The van der Waals surface area contributed by atoms with Crippen molar-refractivity contribution >= 4 is 5.97 Å². The van der Waals surface area contributed by atoms with Gasteiger partial charge in [-0.05, 0) is 47.5 Å². The van der Waals surface area contributed by atoms with E-state index in [0.717, 1.165) is 22.4 Å². The molecule has 0 saturated carbocycles. The fourth-order valence-corrected chi connectivity index (χ4v) is 3.29. The van der Waals surface area contributed by atoms with Gasteiger partial charge in [0.05, 0.1) is 25.1 Å². The molecule has 1 aliphatic rings. The van der Waals surface area contributed by atoms with Crippen LogP contribution in [0.25, 0.3) is 11.3 Å². The van der Waals surface area contributed by atoms with Gasteiger partial charge in [0.1, 0.15) is 17.2 Å². The van der Waals surface area contributed by atoms with Crippen LogP contribution >= 0.6 is 0 Å². The van der Waals surface area contributed by atoms with Gasteiger partial charge in [0.15, 0.2) is 0 Å². The number of rotatable bonds is 5. The van der Waals surface area contributed by atoms with E-state index in [1.165, 1.54) is 0 Å². The number of hydrogen-bond donors (Lipinski definition) is 1. The largest absolute Gasteiger partial charge is 0.457 e. The molecule has 0 amide bonds. The van der Waals surface area contributed by atoms with Crippen molar-refractivity contribution in [3.8, 4) is 28.5 Å². The quantitative estimate of drug-likeness (QED) is 0.373. The van der Waals surface area contributed by atoms with Crippen LogP contribution in [0.2, 0.25) is 0 Å². The van der Waals surface area contributed by atoms with E-state index in [-0.39, 0.29) is 5.82 Å². The number of fused-ring (bicyclic) bond motifs is 1. The summed E-state index contributed by atoms with van der Waals surface area (Å²) in [6.45, 7) is 1.13. The van der Waals surface area contributed by atoms with Gasteiger partial charge < -0.3 is 19.2 Å². The molecule has 0 bridgehead atoms. The third kappa shape index (κ3) is 3.81. The first-order valence-corrected chi connectivity index (χ1v) is 9.55. The van der Waals surface area contributed by atoms with Gasteiger partial charge in [-0.15, -0.1) is 0 Å². The SMILES string of the molecule is O=C(Oc1ccc2c(c1)COC2)c1ncc(-c2cccc(Oc3ccccc3)c2)[nH]1. The molecule has 0 unspecified atom stereocenters. The first-order valence-electron chi connectivity index (χ1n) is 9.55. The second kappa shape index (κ2) is 7.85. The molecular weight excluding hydrogens is 380 g/mol. The van der Waals surface area contributed by atoms with E-state index in [2.05, 4.69) is 9.97 Å². The van der Waals surface area contributed by atoms with Crippen LogP contribution in [0.3, 0.4) is 0 Å². The highest BCUT2D eigenvalue weighted by Crippen LogP contribution is 2.27. The molecule has 2 heterocycles. The van der Waals surface area contributed by atoms with Crippen molar-refractivity contribution in [2.45, 2.75) is 13.2 Å². The Bertz CT molecular complexity index is 1200. The van der Waals surface area contributed by atoms with Gasteiger partial charge in [-0.3, -0.25) is 0 Å². The number of carbonyl (C=O) groups is 1. The minimum Gasteiger partial charge on any atom is -0.457 e. The van der Waals surface area contributed by atoms with E-state index < -0.39 is 5.97 Å². The molecule has 6 nitrogen and oxygen atoms in total. The molecule has 0 fully saturated rings. The number of aromatic nitrogens is 2. The normalized spacial score (nSPS) is 12.4. The van der Waals surface area contributed by atoms with E-state index in [1.54, 1.807) is 12.3 Å². The Labute approximate surface area is 173 Å². The molecular formula is C24H18N2O4. The zero-order valence-electron chi connectivity index (χ0n) is 16.0. The molecule has 30 heavy (non-hydrogen) atoms. The number of nitrogens with one attached hydrogen (secondary N) is 1. The van der Waals surface area contributed by atoms with Crippen LogP contribution in [0.1, 0.15) is 21.7 Å². The molecule has 6 heteroatoms. The number of ether oxygens (including phenoxy) is 3. The highest BCUT2D eigenvalue weighted by molar-refractivity contribution is 5.88. The third-order valence-corrected chi connectivity index (χ3v) is 4.80. The summed E-state index contributed by atoms with van der Waals surface area (Å²) in [4.78, 5) is 19.7. The van der Waals surface area contributed by atoms with Crippen LogP contribution in [0, 0.1) is 0 Å². The number of imidazole rings is 1. The fraction of sp³-hybridized carbons (Fsp3) is 0.0833. The van der Waals surface area contributed by atoms with Crippen molar-refractivity contribution in [2.24, 2.45) is 0 Å². The van der Waals surface area contributed by atoms with Crippen molar-refractivity contribution in [1.82, 2.24) is 9.97 Å². The fourth-order valence-electron chi connectivity index (χ4n) is 3.29. The van der Waals surface area contributed by atoms with Crippen LogP contribution in [0.5, 0.6) is 17.2 Å². The lowest BCUT2D eigenvalue weighted by atomic mass is 10.1. The smallest absolute Gasteiger partial charge is 0.379 e. The Balaban J connectivity index is 1.31. The molecule has 0 radical (unpaired) electrons. The molecule has 5 rings (SSSR count). The molecule has 0 spiro atoms. The summed E-state index contributed by atoms with van der Waals surface area (Å²) in [5.74, 6) is 1.51. The molecule has 1 aromatic heterocycles. The van der Waals surface area contributed by atoms with Crippen molar-refractivity contribution < 1.29 is 19.0 Å². The molecule has 0 aliphatic carbocycles. The van der Waals surface area contributed by atoms with Crippen molar-refractivity contribution in [2.75, 3.05) is 0 Å². The molecule has 148 valence electrons. The lowest BCUT2D eigenvalue weighted by molar-refractivity contribution is 0.0723. The third-order valence-electron chi connectivity index (χ3n) is 4.80. The minimum atomic E-state index is -0.545. The van der Waals surface area contributed by atoms with E-state index in [4.69, 9.17) is 14.2 Å². The number of H-pyrrole nitrogens is 1. The Morgan fingerprint density at radius 3 is 2.60 bits per heavy atom. The lowest BCUT2D eigenvalue weighted by Crippen LogP contribution is -2.10.